The summed E-state index contributed by atoms with van der Waals surface area (Å²) < 4.78 is 32.7. The maximum atomic E-state index is 11.9. The number of sulfonamides is 1. The lowest BCUT2D eigenvalue weighted by molar-refractivity contribution is -0.137. The summed E-state index contributed by atoms with van der Waals surface area (Å²) in [6.45, 7) is 0.185. The lowest BCUT2D eigenvalue weighted by atomic mass is 10.2. The number of hydrogen-bond donors (Lipinski definition) is 3. The molecule has 7 nitrogen and oxygen atoms in total. The number of nitrogens with one attached hydrogen (secondary N) is 1. The highest BCUT2D eigenvalue weighted by molar-refractivity contribution is 14.1. The Kier molecular flexibility index (Phi) is 12.1. The molecule has 1 aromatic rings. The Hall–Kier alpha value is -1.35. The van der Waals surface area contributed by atoms with Crippen molar-refractivity contribution in [3.63, 3.8) is 0 Å². The van der Waals surface area contributed by atoms with Crippen LogP contribution >= 0.6 is 22.6 Å². The van der Waals surface area contributed by atoms with Crippen LogP contribution in [0.4, 0.5) is 0 Å². The molecule has 28 heavy (non-hydrogen) atoms. The van der Waals surface area contributed by atoms with E-state index in [9.17, 15) is 18.3 Å². The number of benzene rings is 1. The van der Waals surface area contributed by atoms with Gasteiger partial charge in [0.15, 0.2) is 0 Å². The molecule has 3 N–H and O–H groups in total. The number of ether oxygens (including phenoxy) is 1. The molecule has 1 rings (SSSR count). The van der Waals surface area contributed by atoms with Crippen molar-refractivity contribution in [2.24, 2.45) is 0 Å². The molecule has 0 aliphatic heterocycles. The number of unbranched alkanes of at least 4 members (excludes halogenated alkanes) is 2. The number of carbonyl (C=O) groups is 1. The van der Waals surface area contributed by atoms with E-state index in [2.05, 4.69) is 39.2 Å². The number of rotatable bonds is 13. The average Bonchev–Trinajstić information content (AvgIpc) is 2.62. The van der Waals surface area contributed by atoms with E-state index in [1.54, 1.807) is 0 Å². The predicted octanol–water partition coefficient (Wildman–Crippen LogP) is 2.38. The van der Waals surface area contributed by atoms with Crippen molar-refractivity contribution in [3.8, 4) is 17.6 Å². The molecule has 0 spiro atoms. The van der Waals surface area contributed by atoms with Gasteiger partial charge in [-0.3, -0.25) is 4.79 Å². The van der Waals surface area contributed by atoms with Crippen molar-refractivity contribution < 1.29 is 28.2 Å². The van der Waals surface area contributed by atoms with Crippen LogP contribution in [0.1, 0.15) is 38.5 Å². The molecule has 0 bridgehead atoms. The maximum absolute atomic E-state index is 11.9. The summed E-state index contributed by atoms with van der Waals surface area (Å²) in [6.07, 6.45) is 1.75. The van der Waals surface area contributed by atoms with Gasteiger partial charge in [0.25, 0.3) is 0 Å². The normalized spacial score (nSPS) is 12.1. The Morgan fingerprint density at radius 3 is 2.75 bits per heavy atom. The van der Waals surface area contributed by atoms with Gasteiger partial charge in [0.1, 0.15) is 12.4 Å². The summed E-state index contributed by atoms with van der Waals surface area (Å²) in [5.41, 5.74) is 0. The molecule has 0 heterocycles. The number of hydrogen-bond acceptors (Lipinski definition) is 5. The highest BCUT2D eigenvalue weighted by Gasteiger charge is 2.10. The monoisotopic (exact) mass is 523 g/mol. The first-order valence-corrected chi connectivity index (χ1v) is 11.7. The molecule has 0 saturated heterocycles. The predicted molar refractivity (Wildman–Crippen MR) is 116 cm³/mol. The smallest absolute Gasteiger partial charge is 0.303 e. The van der Waals surface area contributed by atoms with Crippen LogP contribution in [0.5, 0.6) is 5.75 Å². The number of aliphatic hydroxyl groups is 1. The van der Waals surface area contributed by atoms with Crippen LogP contribution < -0.4 is 9.46 Å². The van der Waals surface area contributed by atoms with E-state index in [4.69, 9.17) is 9.84 Å². The minimum absolute atomic E-state index is 0.0156. The lowest BCUT2D eigenvalue weighted by Crippen LogP contribution is -2.27. The molecule has 1 atom stereocenters. The molecule has 1 aromatic carbocycles. The number of halogens is 1. The quantitative estimate of drug-likeness (QED) is 0.208. The largest absolute Gasteiger partial charge is 0.491 e. The zero-order chi connectivity index (χ0) is 20.8. The Bertz CT molecular complexity index is 772. The van der Waals surface area contributed by atoms with Gasteiger partial charge in [-0.05, 0) is 66.5 Å². The van der Waals surface area contributed by atoms with Gasteiger partial charge in [-0.2, -0.15) is 0 Å². The van der Waals surface area contributed by atoms with Gasteiger partial charge in [0, 0.05) is 16.4 Å². The molecule has 0 amide bonds. The lowest BCUT2D eigenvalue weighted by Gasteiger charge is -2.12. The van der Waals surface area contributed by atoms with Crippen LogP contribution in [-0.4, -0.2) is 49.6 Å². The van der Waals surface area contributed by atoms with Crippen LogP contribution in [0.3, 0.4) is 0 Å². The first-order chi connectivity index (χ1) is 13.3. The summed E-state index contributed by atoms with van der Waals surface area (Å²) in [6, 6.07) is 7.52. The summed E-state index contributed by atoms with van der Waals surface area (Å²) >= 11 is 2.18. The van der Waals surface area contributed by atoms with Crippen molar-refractivity contribution >= 4 is 38.6 Å². The van der Waals surface area contributed by atoms with Crippen LogP contribution in [0.25, 0.3) is 0 Å². The van der Waals surface area contributed by atoms with Crippen molar-refractivity contribution in [2.45, 2.75) is 44.6 Å². The van der Waals surface area contributed by atoms with E-state index in [0.29, 0.717) is 37.9 Å². The molecule has 0 radical (unpaired) electrons. The first-order valence-electron chi connectivity index (χ1n) is 9.00. The number of aliphatic hydroxyl groups excluding tert-OH is 1. The second-order valence-electron chi connectivity index (χ2n) is 6.16. The van der Waals surface area contributed by atoms with Gasteiger partial charge < -0.3 is 14.9 Å². The third kappa shape index (κ3) is 12.9. The third-order valence-corrected chi connectivity index (χ3v) is 5.72. The van der Waals surface area contributed by atoms with E-state index in [-0.39, 0.29) is 25.3 Å². The van der Waals surface area contributed by atoms with Crippen LogP contribution in [0.2, 0.25) is 0 Å². The van der Waals surface area contributed by atoms with Crippen LogP contribution in [0.15, 0.2) is 24.3 Å². The second-order valence-corrected chi connectivity index (χ2v) is 9.33. The zero-order valence-corrected chi connectivity index (χ0v) is 18.5. The number of aliphatic carboxylic acids is 1. The average molecular weight is 523 g/mol. The molecule has 156 valence electrons. The van der Waals surface area contributed by atoms with E-state index in [0.717, 1.165) is 3.57 Å². The van der Waals surface area contributed by atoms with Crippen molar-refractivity contribution in [3.05, 3.63) is 27.8 Å². The van der Waals surface area contributed by atoms with E-state index in [1.165, 1.54) is 0 Å². The molecule has 9 heteroatoms. The number of carboxylic acid groups (broad SMARTS) is 1. The molecule has 0 aliphatic rings. The van der Waals surface area contributed by atoms with Crippen LogP contribution in [-0.2, 0) is 14.8 Å². The van der Waals surface area contributed by atoms with Gasteiger partial charge in [-0.25, -0.2) is 13.1 Å². The summed E-state index contributed by atoms with van der Waals surface area (Å²) in [4.78, 5) is 10.3. The van der Waals surface area contributed by atoms with E-state index in [1.807, 2.05) is 24.3 Å². The van der Waals surface area contributed by atoms with Crippen molar-refractivity contribution in [1.82, 2.24) is 4.72 Å². The Morgan fingerprint density at radius 2 is 2.04 bits per heavy atom. The van der Waals surface area contributed by atoms with Crippen molar-refractivity contribution in [1.29, 1.82) is 0 Å². The van der Waals surface area contributed by atoms with E-state index >= 15 is 0 Å². The Balaban J connectivity index is 2.13. The highest BCUT2D eigenvalue weighted by Crippen LogP contribution is 2.15. The molecule has 1 unspecified atom stereocenters. The topological polar surface area (TPSA) is 113 Å². The standard InChI is InChI=1S/C19H26INO6S/c20-16-8-7-10-18(14-16)27-15-17(22)9-4-6-13-28(25,26)21-12-5-2-1-3-11-19(23)24/h7-8,10,14,17,21-22H,1,3-4,6,9,11-13,15H2,(H,23,24). The highest BCUT2D eigenvalue weighted by atomic mass is 127. The molecule has 0 aliphatic carbocycles. The van der Waals surface area contributed by atoms with E-state index < -0.39 is 22.1 Å². The molecular weight excluding hydrogens is 497 g/mol. The Labute approximate surface area is 180 Å². The fraction of sp³-hybridized carbons (Fsp3) is 0.526. The molecule has 0 fully saturated rings. The number of carboxylic acids is 1. The Morgan fingerprint density at radius 1 is 1.25 bits per heavy atom. The fourth-order valence-corrected chi connectivity index (χ4v) is 3.74. The van der Waals surface area contributed by atoms with Crippen molar-refractivity contribution in [2.75, 3.05) is 18.9 Å². The zero-order valence-electron chi connectivity index (χ0n) is 15.6. The minimum atomic E-state index is -3.41. The van der Waals surface area contributed by atoms with Gasteiger partial charge in [-0.1, -0.05) is 12.0 Å². The maximum Gasteiger partial charge on any atom is 0.303 e. The third-order valence-electron chi connectivity index (χ3n) is 3.64. The van der Waals surface area contributed by atoms with Crippen LogP contribution in [0, 0.1) is 15.4 Å². The fourth-order valence-electron chi connectivity index (χ4n) is 2.20. The molecule has 0 aromatic heterocycles. The first kappa shape index (κ1) is 24.7. The second kappa shape index (κ2) is 13.8. The SMILES string of the molecule is O=C(O)CCCC#CCNS(=O)(=O)CCCCC(O)COc1cccc(I)c1. The summed E-state index contributed by atoms with van der Waals surface area (Å²) in [7, 11) is -3.41. The van der Waals surface area contributed by atoms with Gasteiger partial charge in [0.05, 0.1) is 18.4 Å². The van der Waals surface area contributed by atoms with Gasteiger partial charge in [-0.15, -0.1) is 5.92 Å². The molecular formula is C19H26INO6S. The summed E-state index contributed by atoms with van der Waals surface area (Å²) in [5.74, 6) is 5.21. The van der Waals surface area contributed by atoms with Gasteiger partial charge >= 0.3 is 5.97 Å². The minimum Gasteiger partial charge on any atom is -0.491 e. The van der Waals surface area contributed by atoms with Gasteiger partial charge in [0.2, 0.25) is 10.0 Å². The molecule has 0 saturated carbocycles. The summed E-state index contributed by atoms with van der Waals surface area (Å²) in [5, 5.41) is 18.4.